The van der Waals surface area contributed by atoms with Gasteiger partial charge in [-0.2, -0.15) is 0 Å². The van der Waals surface area contributed by atoms with Crippen LogP contribution < -0.4 is 0 Å². The van der Waals surface area contributed by atoms with Crippen molar-refractivity contribution in [3.63, 3.8) is 0 Å². The largest absolute Gasteiger partial charge is 0.291 e. The molecule has 0 N–H and O–H groups in total. The van der Waals surface area contributed by atoms with E-state index < -0.39 is 0 Å². The Kier molecular flexibility index (Phi) is 4.27. The van der Waals surface area contributed by atoms with Crippen molar-refractivity contribution in [3.05, 3.63) is 52.6 Å². The van der Waals surface area contributed by atoms with E-state index in [0.29, 0.717) is 0 Å². The average molecular weight is 267 g/mol. The number of aliphatic imine (C=N–C) groups is 1. The molecule has 0 aliphatic heterocycles. The van der Waals surface area contributed by atoms with Gasteiger partial charge in [0, 0.05) is 12.6 Å². The fourth-order valence-corrected chi connectivity index (χ4v) is 2.64. The number of allylic oxidation sites excluding steroid dienone is 4. The monoisotopic (exact) mass is 267 g/mol. The second-order valence-corrected chi connectivity index (χ2v) is 6.67. The molecule has 0 radical (unpaired) electrons. The van der Waals surface area contributed by atoms with E-state index in [-0.39, 0.29) is 5.54 Å². The van der Waals surface area contributed by atoms with Crippen LogP contribution in [0.4, 0.5) is 0 Å². The summed E-state index contributed by atoms with van der Waals surface area (Å²) >= 11 is 0. The lowest BCUT2D eigenvalue weighted by molar-refractivity contribution is 0.585. The maximum Gasteiger partial charge on any atom is 0.0520 e. The summed E-state index contributed by atoms with van der Waals surface area (Å²) in [7, 11) is 0. The van der Waals surface area contributed by atoms with Gasteiger partial charge in [0.15, 0.2) is 0 Å². The molecular weight excluding hydrogens is 242 g/mol. The first-order valence-electron chi connectivity index (χ1n) is 7.36. The standard InChI is InChI=1S/C19H25N/c1-14-12-15(2)18(13-14)17-9-7-6-8-16(17)10-11-20-19(3,4)5/h6-9,11-12H,10,13H2,1-5H3. The lowest BCUT2D eigenvalue weighted by atomic mass is 9.94. The van der Waals surface area contributed by atoms with Gasteiger partial charge in [-0.15, -0.1) is 0 Å². The van der Waals surface area contributed by atoms with E-state index in [4.69, 9.17) is 0 Å². The number of rotatable bonds is 3. The van der Waals surface area contributed by atoms with E-state index in [9.17, 15) is 0 Å². The van der Waals surface area contributed by atoms with Crippen LogP contribution in [0.3, 0.4) is 0 Å². The fraction of sp³-hybridized carbons (Fsp3) is 0.421. The van der Waals surface area contributed by atoms with Gasteiger partial charge in [0.1, 0.15) is 0 Å². The highest BCUT2D eigenvalue weighted by molar-refractivity contribution is 5.79. The predicted octanol–water partition coefficient (Wildman–Crippen LogP) is 5.22. The van der Waals surface area contributed by atoms with Gasteiger partial charge in [0.25, 0.3) is 0 Å². The molecule has 0 unspecified atom stereocenters. The number of benzene rings is 1. The van der Waals surface area contributed by atoms with Crippen LogP contribution in [0.5, 0.6) is 0 Å². The number of hydrogen-bond acceptors (Lipinski definition) is 1. The third-order valence-corrected chi connectivity index (χ3v) is 3.53. The van der Waals surface area contributed by atoms with Crippen molar-refractivity contribution >= 4 is 11.8 Å². The molecule has 0 fully saturated rings. The minimum Gasteiger partial charge on any atom is -0.291 e. The molecule has 106 valence electrons. The molecule has 0 heterocycles. The predicted molar refractivity (Wildman–Crippen MR) is 89.4 cm³/mol. The minimum absolute atomic E-state index is 0.00955. The molecule has 1 aromatic carbocycles. The molecule has 1 nitrogen and oxygen atoms in total. The van der Waals surface area contributed by atoms with Gasteiger partial charge in [-0.1, -0.05) is 35.9 Å². The Morgan fingerprint density at radius 2 is 1.85 bits per heavy atom. The number of hydrogen-bond donors (Lipinski definition) is 0. The second-order valence-electron chi connectivity index (χ2n) is 6.67. The smallest absolute Gasteiger partial charge is 0.0520 e. The molecule has 0 saturated heterocycles. The molecule has 1 aliphatic rings. The summed E-state index contributed by atoms with van der Waals surface area (Å²) in [5, 5.41) is 0. The molecule has 0 saturated carbocycles. The van der Waals surface area contributed by atoms with E-state index in [1.165, 1.54) is 27.8 Å². The summed E-state index contributed by atoms with van der Waals surface area (Å²) in [6.45, 7) is 10.8. The third-order valence-electron chi connectivity index (χ3n) is 3.53. The SMILES string of the molecule is CC1=CC(C)=C(c2ccccc2CC=NC(C)(C)C)C1. The zero-order valence-corrected chi connectivity index (χ0v) is 13.3. The van der Waals surface area contributed by atoms with Gasteiger partial charge in [0.2, 0.25) is 0 Å². The summed E-state index contributed by atoms with van der Waals surface area (Å²) < 4.78 is 0. The Morgan fingerprint density at radius 3 is 2.45 bits per heavy atom. The lowest BCUT2D eigenvalue weighted by Crippen LogP contribution is -2.10. The highest BCUT2D eigenvalue weighted by atomic mass is 14.8. The van der Waals surface area contributed by atoms with Crippen molar-refractivity contribution in [2.75, 3.05) is 0 Å². The van der Waals surface area contributed by atoms with Crippen LogP contribution in [0.2, 0.25) is 0 Å². The summed E-state index contributed by atoms with van der Waals surface area (Å²) in [4.78, 5) is 4.60. The third kappa shape index (κ3) is 3.69. The van der Waals surface area contributed by atoms with E-state index in [0.717, 1.165) is 12.8 Å². The van der Waals surface area contributed by atoms with Crippen molar-refractivity contribution in [3.8, 4) is 0 Å². The van der Waals surface area contributed by atoms with Gasteiger partial charge < -0.3 is 0 Å². The minimum atomic E-state index is 0.00955. The first kappa shape index (κ1) is 14.8. The summed E-state index contributed by atoms with van der Waals surface area (Å²) in [5.74, 6) is 0. The van der Waals surface area contributed by atoms with Crippen LogP contribution in [-0.4, -0.2) is 11.8 Å². The quantitative estimate of drug-likeness (QED) is 0.666. The average Bonchev–Trinajstić information content (AvgIpc) is 2.67. The molecule has 1 aliphatic carbocycles. The Morgan fingerprint density at radius 1 is 1.15 bits per heavy atom. The normalized spacial score (nSPS) is 16.1. The Bertz CT molecular complexity index is 580. The fourth-order valence-electron chi connectivity index (χ4n) is 2.64. The molecule has 20 heavy (non-hydrogen) atoms. The second kappa shape index (κ2) is 5.78. The highest BCUT2D eigenvalue weighted by Gasteiger charge is 2.14. The molecular formula is C19H25N. The van der Waals surface area contributed by atoms with E-state index in [1.54, 1.807) is 0 Å². The molecule has 1 aromatic rings. The zero-order valence-electron chi connectivity index (χ0n) is 13.3. The molecule has 1 heteroatoms. The highest BCUT2D eigenvalue weighted by Crippen LogP contribution is 2.34. The van der Waals surface area contributed by atoms with Gasteiger partial charge in [-0.3, -0.25) is 4.99 Å². The van der Waals surface area contributed by atoms with Gasteiger partial charge >= 0.3 is 0 Å². The van der Waals surface area contributed by atoms with E-state index in [1.807, 2.05) is 0 Å². The van der Waals surface area contributed by atoms with Crippen LogP contribution in [0, 0.1) is 0 Å². The first-order valence-corrected chi connectivity index (χ1v) is 7.36. The molecule has 0 aromatic heterocycles. The molecule has 0 spiro atoms. The van der Waals surface area contributed by atoms with Crippen molar-refractivity contribution < 1.29 is 0 Å². The first-order chi connectivity index (χ1) is 9.37. The van der Waals surface area contributed by atoms with Crippen LogP contribution in [-0.2, 0) is 6.42 Å². The molecule has 0 atom stereocenters. The lowest BCUT2D eigenvalue weighted by Gasteiger charge is -2.13. The Balaban J connectivity index is 2.24. The van der Waals surface area contributed by atoms with Crippen molar-refractivity contribution in [2.24, 2.45) is 4.99 Å². The van der Waals surface area contributed by atoms with Crippen LogP contribution >= 0.6 is 0 Å². The number of nitrogens with zero attached hydrogens (tertiary/aromatic N) is 1. The van der Waals surface area contributed by atoms with E-state index >= 15 is 0 Å². The van der Waals surface area contributed by atoms with Crippen LogP contribution in [0.15, 0.2) is 46.5 Å². The van der Waals surface area contributed by atoms with Crippen molar-refractivity contribution in [1.29, 1.82) is 0 Å². The van der Waals surface area contributed by atoms with Crippen LogP contribution in [0.25, 0.3) is 5.57 Å². The summed E-state index contributed by atoms with van der Waals surface area (Å²) in [5.41, 5.74) is 7.10. The zero-order chi connectivity index (χ0) is 14.8. The van der Waals surface area contributed by atoms with Gasteiger partial charge in [-0.05, 0) is 63.3 Å². The summed E-state index contributed by atoms with van der Waals surface area (Å²) in [6.07, 6.45) is 6.35. The maximum atomic E-state index is 4.60. The van der Waals surface area contributed by atoms with E-state index in [2.05, 4.69) is 76.2 Å². The van der Waals surface area contributed by atoms with Crippen molar-refractivity contribution in [2.45, 2.75) is 53.0 Å². The molecule has 0 bridgehead atoms. The molecule has 2 rings (SSSR count). The van der Waals surface area contributed by atoms with Crippen molar-refractivity contribution in [1.82, 2.24) is 0 Å². The maximum absolute atomic E-state index is 4.60. The Hall–Kier alpha value is -1.63. The topological polar surface area (TPSA) is 12.4 Å². The Labute approximate surface area is 123 Å². The summed E-state index contributed by atoms with van der Waals surface area (Å²) in [6, 6.07) is 8.71. The van der Waals surface area contributed by atoms with Gasteiger partial charge in [-0.25, -0.2) is 0 Å². The molecule has 0 amide bonds. The van der Waals surface area contributed by atoms with Crippen LogP contribution in [0.1, 0.15) is 52.2 Å². The van der Waals surface area contributed by atoms with Gasteiger partial charge in [0.05, 0.1) is 5.54 Å².